The zero-order valence-electron chi connectivity index (χ0n) is 7.73. The Hall–Kier alpha value is -1.33. The Labute approximate surface area is 86.3 Å². The summed E-state index contributed by atoms with van der Waals surface area (Å²) >= 11 is 0. The average Bonchev–Trinajstić information content (AvgIpc) is 2.10. The molecule has 82 valence electrons. The highest BCUT2D eigenvalue weighted by Crippen LogP contribution is 1.75. The maximum Gasteiger partial charge on any atom is 0.503 e. The Bertz CT molecular complexity index is 183. The van der Waals surface area contributed by atoms with Crippen LogP contribution >= 0.6 is 0 Å². The van der Waals surface area contributed by atoms with Crippen LogP contribution in [0.15, 0.2) is 12.7 Å². The molecule has 0 rings (SSSR count). The first-order valence-corrected chi connectivity index (χ1v) is 5.57. The maximum atomic E-state index is 10.5. The highest BCUT2D eigenvalue weighted by atomic mass is 28.3. The molecule has 1 amide bonds. The average molecular weight is 239 g/mol. The molecule has 3 N–H and O–H groups in total. The second kappa shape index (κ2) is 11.7. The highest BCUT2D eigenvalue weighted by Gasteiger charge is 1.96. The number of carbonyl (C=O) groups excluding carboxylic acids is 1. The number of rotatable bonds is 4. The molecule has 0 aliphatic heterocycles. The van der Waals surface area contributed by atoms with Crippen molar-refractivity contribution in [3.05, 3.63) is 12.7 Å². The predicted molar refractivity (Wildman–Crippen MR) is 54.9 cm³/mol. The lowest BCUT2D eigenvalue weighted by molar-refractivity contribution is 0.136. The Balaban J connectivity index is 0. The van der Waals surface area contributed by atoms with Crippen molar-refractivity contribution in [3.63, 3.8) is 0 Å². The van der Waals surface area contributed by atoms with E-state index >= 15 is 0 Å². The second-order valence-electron chi connectivity index (χ2n) is 1.78. The quantitative estimate of drug-likeness (QED) is 0.404. The summed E-state index contributed by atoms with van der Waals surface area (Å²) in [5.74, 6) is 0. The van der Waals surface area contributed by atoms with Crippen LogP contribution in [-0.4, -0.2) is 49.5 Å². The van der Waals surface area contributed by atoms with Gasteiger partial charge in [-0.1, -0.05) is 12.7 Å². The van der Waals surface area contributed by atoms with Crippen LogP contribution in [0.5, 0.6) is 0 Å². The van der Waals surface area contributed by atoms with Crippen molar-refractivity contribution in [1.82, 2.24) is 4.98 Å². The molecule has 0 aromatic heterocycles. The van der Waals surface area contributed by atoms with E-state index in [-0.39, 0.29) is 6.61 Å². The van der Waals surface area contributed by atoms with E-state index in [1.807, 2.05) is 0 Å². The molecule has 0 aromatic carbocycles. The lowest BCUT2D eigenvalue weighted by Crippen LogP contribution is -2.29. The van der Waals surface area contributed by atoms with Gasteiger partial charge in [-0.2, -0.15) is 0 Å². The van der Waals surface area contributed by atoms with Gasteiger partial charge in [-0.3, -0.25) is 0 Å². The molecule has 14 heavy (non-hydrogen) atoms. The molecule has 0 atom stereocenters. The minimum Gasteiger partial charge on any atom is -0.453 e. The van der Waals surface area contributed by atoms with Crippen LogP contribution in [0.1, 0.15) is 0 Å². The summed E-state index contributed by atoms with van der Waals surface area (Å²) < 4.78 is 9.43. The summed E-state index contributed by atoms with van der Waals surface area (Å²) in [6.07, 6.45) is -0.731. The van der Waals surface area contributed by atoms with Crippen LogP contribution < -0.4 is 4.98 Å². The van der Waals surface area contributed by atoms with Gasteiger partial charge in [0.1, 0.15) is 17.1 Å². The summed E-state index contributed by atoms with van der Waals surface area (Å²) in [6, 6.07) is 0. The standard InChI is InChI=1S/C4H11NO3Si2.CH2O3/c1-2-3-7-4(6)5-10-8-9;2-1(3)4/h2H,1,3,10H2,9H3,(H,5,6);(H2,2,3,4). The zero-order chi connectivity index (χ0) is 11.4. The van der Waals surface area contributed by atoms with E-state index in [1.54, 1.807) is 0 Å². The van der Waals surface area contributed by atoms with Crippen LogP contribution in [0.4, 0.5) is 9.59 Å². The smallest absolute Gasteiger partial charge is 0.453 e. The Morgan fingerprint density at radius 1 is 1.57 bits per heavy atom. The minimum absolute atomic E-state index is 0.251. The molecular formula is C5H13NO6Si2. The van der Waals surface area contributed by atoms with Crippen LogP contribution in [0, 0.1) is 0 Å². The van der Waals surface area contributed by atoms with E-state index < -0.39 is 22.2 Å². The van der Waals surface area contributed by atoms with Crippen molar-refractivity contribution in [2.45, 2.75) is 0 Å². The van der Waals surface area contributed by atoms with Crippen LogP contribution in [0.2, 0.25) is 0 Å². The number of amides is 1. The number of carboxylic acid groups (broad SMARTS) is 2. The fraction of sp³-hybridized carbons (Fsp3) is 0.200. The van der Waals surface area contributed by atoms with Gasteiger partial charge in [0, 0.05) is 0 Å². The van der Waals surface area contributed by atoms with Crippen LogP contribution in [0.3, 0.4) is 0 Å². The van der Waals surface area contributed by atoms with Gasteiger partial charge in [-0.25, -0.2) is 9.59 Å². The monoisotopic (exact) mass is 239 g/mol. The van der Waals surface area contributed by atoms with Crippen molar-refractivity contribution < 1.29 is 28.7 Å². The SMILES string of the molecule is C=CCOC(=O)N[SiH2]O[SiH3].O=C(O)O. The first kappa shape index (κ1) is 15.2. The lowest BCUT2D eigenvalue weighted by Gasteiger charge is -2.01. The van der Waals surface area contributed by atoms with Gasteiger partial charge in [0.05, 0.1) is 0 Å². The van der Waals surface area contributed by atoms with Crippen molar-refractivity contribution in [2.24, 2.45) is 0 Å². The third kappa shape index (κ3) is 22.4. The predicted octanol–water partition coefficient (Wildman–Crippen LogP) is -1.58. The van der Waals surface area contributed by atoms with Crippen molar-refractivity contribution in [3.8, 4) is 0 Å². The van der Waals surface area contributed by atoms with Crippen molar-refractivity contribution in [1.29, 1.82) is 0 Å². The molecule has 0 saturated carbocycles. The number of carbonyl (C=O) groups is 2. The third-order valence-electron chi connectivity index (χ3n) is 0.693. The number of nitrogens with one attached hydrogen (secondary N) is 1. The number of hydrogen-bond donors (Lipinski definition) is 3. The van der Waals surface area contributed by atoms with Gasteiger partial charge in [0.2, 0.25) is 0 Å². The molecule has 0 heterocycles. The van der Waals surface area contributed by atoms with E-state index in [0.717, 1.165) is 0 Å². The third-order valence-corrected chi connectivity index (χ3v) is 2.28. The zero-order valence-corrected chi connectivity index (χ0v) is 11.1. The van der Waals surface area contributed by atoms with Crippen LogP contribution in [0.25, 0.3) is 0 Å². The van der Waals surface area contributed by atoms with E-state index in [1.165, 1.54) is 6.08 Å². The van der Waals surface area contributed by atoms with E-state index in [2.05, 4.69) is 16.3 Å². The van der Waals surface area contributed by atoms with Gasteiger partial charge < -0.3 is 24.0 Å². The normalized spacial score (nSPS) is 8.86. The summed E-state index contributed by atoms with van der Waals surface area (Å²) in [4.78, 5) is 21.6. The summed E-state index contributed by atoms with van der Waals surface area (Å²) in [7, 11) is -0.180. The largest absolute Gasteiger partial charge is 0.503 e. The van der Waals surface area contributed by atoms with Crippen LogP contribution in [-0.2, 0) is 8.85 Å². The molecule has 0 unspecified atom stereocenters. The second-order valence-corrected chi connectivity index (χ2v) is 4.73. The summed E-state index contributed by atoms with van der Waals surface area (Å²) in [5.41, 5.74) is 0. The van der Waals surface area contributed by atoms with E-state index in [9.17, 15) is 4.79 Å². The lowest BCUT2D eigenvalue weighted by atomic mass is 10.7. The summed E-state index contributed by atoms with van der Waals surface area (Å²) in [5, 5.41) is 13.9. The van der Waals surface area contributed by atoms with Gasteiger partial charge in [-0.15, -0.1) is 0 Å². The Morgan fingerprint density at radius 2 is 2.07 bits per heavy atom. The molecule has 0 aliphatic rings. The fourth-order valence-electron chi connectivity index (χ4n) is 0.317. The van der Waals surface area contributed by atoms with Crippen molar-refractivity contribution in [2.75, 3.05) is 6.61 Å². The van der Waals surface area contributed by atoms with Gasteiger partial charge in [0.25, 0.3) is 9.92 Å². The first-order valence-electron chi connectivity index (χ1n) is 3.47. The number of hydrogen-bond acceptors (Lipinski definition) is 4. The maximum absolute atomic E-state index is 10.5. The first-order chi connectivity index (χ1) is 6.54. The number of ether oxygens (including phenoxy) is 1. The fourth-order valence-corrected chi connectivity index (χ4v) is 1.11. The molecule has 0 spiro atoms. The topological polar surface area (TPSA) is 105 Å². The van der Waals surface area contributed by atoms with Gasteiger partial charge in [-0.05, 0) is 0 Å². The molecule has 0 saturated heterocycles. The van der Waals surface area contributed by atoms with E-state index in [4.69, 9.17) is 19.1 Å². The highest BCUT2D eigenvalue weighted by molar-refractivity contribution is 6.35. The molecule has 0 aliphatic carbocycles. The molecule has 7 nitrogen and oxygen atoms in total. The summed E-state index contributed by atoms with van der Waals surface area (Å²) in [6.45, 7) is 3.65. The minimum atomic E-state index is -1.83. The van der Waals surface area contributed by atoms with Gasteiger partial charge >= 0.3 is 12.2 Å². The molecule has 0 bridgehead atoms. The Morgan fingerprint density at radius 3 is 2.43 bits per heavy atom. The molecule has 0 aromatic rings. The van der Waals surface area contributed by atoms with Crippen molar-refractivity contribution >= 4 is 32.7 Å². The molecule has 0 fully saturated rings. The Kier molecular flexibility index (Phi) is 12.6. The molecule has 0 radical (unpaired) electrons. The van der Waals surface area contributed by atoms with Gasteiger partial charge in [0.15, 0.2) is 0 Å². The molecular weight excluding hydrogens is 226 g/mol. The molecule has 9 heteroatoms. The van der Waals surface area contributed by atoms with E-state index in [0.29, 0.717) is 10.5 Å².